The van der Waals surface area contributed by atoms with Crippen molar-refractivity contribution in [3.63, 3.8) is 0 Å². The van der Waals surface area contributed by atoms with E-state index in [1.807, 2.05) is 13.8 Å². The Morgan fingerprint density at radius 3 is 2.07 bits per heavy atom. The molecule has 0 aliphatic carbocycles. The van der Waals surface area contributed by atoms with Gasteiger partial charge in [-0.05, 0) is 55.8 Å². The number of nitrogens with one attached hydrogen (secondary N) is 2. The number of ether oxygens (including phenoxy) is 4. The summed E-state index contributed by atoms with van der Waals surface area (Å²) >= 11 is 0. The molecule has 2 amide bonds. The van der Waals surface area contributed by atoms with Gasteiger partial charge in [0.15, 0.2) is 11.5 Å². The first kappa shape index (κ1) is 22.9. The summed E-state index contributed by atoms with van der Waals surface area (Å²) in [6, 6.07) is 9.92. The highest BCUT2D eigenvalue weighted by atomic mass is 16.5. The predicted molar refractivity (Wildman–Crippen MR) is 113 cm³/mol. The Hall–Kier alpha value is -3.42. The van der Waals surface area contributed by atoms with Crippen LogP contribution in [0.25, 0.3) is 0 Å². The summed E-state index contributed by atoms with van der Waals surface area (Å²) in [4.78, 5) is 24.5. The molecule has 0 radical (unpaired) electrons. The molecule has 0 aromatic heterocycles. The minimum atomic E-state index is -0.339. The highest BCUT2D eigenvalue weighted by molar-refractivity contribution is 5.96. The monoisotopic (exact) mass is 416 g/mol. The van der Waals surface area contributed by atoms with Crippen LogP contribution in [0.5, 0.6) is 23.0 Å². The Bertz CT molecular complexity index is 841. The second-order valence-electron chi connectivity index (χ2n) is 6.39. The molecule has 0 aliphatic rings. The fourth-order valence-corrected chi connectivity index (χ4v) is 2.86. The van der Waals surface area contributed by atoms with Crippen LogP contribution >= 0.6 is 0 Å². The third-order valence-electron chi connectivity index (χ3n) is 4.40. The summed E-state index contributed by atoms with van der Waals surface area (Å²) in [5, 5.41) is 5.45. The molecule has 162 valence electrons. The van der Waals surface area contributed by atoms with Gasteiger partial charge >= 0.3 is 0 Å². The van der Waals surface area contributed by atoms with Crippen LogP contribution in [0.4, 0.5) is 0 Å². The van der Waals surface area contributed by atoms with Crippen LogP contribution in [-0.2, 0) is 4.79 Å². The molecule has 2 aromatic carbocycles. The number of rotatable bonds is 10. The van der Waals surface area contributed by atoms with Crippen LogP contribution in [0.2, 0.25) is 0 Å². The van der Waals surface area contributed by atoms with E-state index in [1.165, 1.54) is 21.3 Å². The van der Waals surface area contributed by atoms with Crippen molar-refractivity contribution in [3.8, 4) is 23.0 Å². The number of carbonyl (C=O) groups is 2. The third-order valence-corrected chi connectivity index (χ3v) is 4.40. The largest absolute Gasteiger partial charge is 0.494 e. The molecule has 8 heteroatoms. The van der Waals surface area contributed by atoms with Crippen molar-refractivity contribution in [3.05, 3.63) is 47.5 Å². The summed E-state index contributed by atoms with van der Waals surface area (Å²) in [7, 11) is 4.58. The summed E-state index contributed by atoms with van der Waals surface area (Å²) in [5.41, 5.74) is 1.22. The number of carbonyl (C=O) groups excluding carboxylic acids is 2. The normalized spacial score (nSPS) is 11.2. The minimum Gasteiger partial charge on any atom is -0.494 e. The molecular weight excluding hydrogens is 388 g/mol. The zero-order chi connectivity index (χ0) is 22.1. The van der Waals surface area contributed by atoms with E-state index < -0.39 is 0 Å². The van der Waals surface area contributed by atoms with E-state index in [0.29, 0.717) is 35.2 Å². The third kappa shape index (κ3) is 5.79. The van der Waals surface area contributed by atoms with Crippen LogP contribution < -0.4 is 29.6 Å². The van der Waals surface area contributed by atoms with E-state index in [9.17, 15) is 9.59 Å². The number of amides is 2. The van der Waals surface area contributed by atoms with Gasteiger partial charge in [-0.1, -0.05) is 0 Å². The van der Waals surface area contributed by atoms with Crippen molar-refractivity contribution in [2.45, 2.75) is 19.9 Å². The number of benzene rings is 2. The molecule has 0 bridgehead atoms. The van der Waals surface area contributed by atoms with Gasteiger partial charge in [-0.3, -0.25) is 9.59 Å². The quantitative estimate of drug-likeness (QED) is 0.618. The van der Waals surface area contributed by atoms with E-state index in [2.05, 4.69) is 10.6 Å². The van der Waals surface area contributed by atoms with Crippen LogP contribution in [-0.4, -0.2) is 46.3 Å². The molecule has 0 aliphatic heterocycles. The molecular formula is C22H28N2O6. The topological polar surface area (TPSA) is 95.1 Å². The highest BCUT2D eigenvalue weighted by Crippen LogP contribution is 2.39. The standard InChI is InChI=1S/C22H28N2O6/c1-6-30-17-9-7-15(8-10-17)22(26)23-13-20(25)24-14(2)16-11-18(27-3)21(29-5)19(12-16)28-4/h7-12,14H,6,13H2,1-5H3,(H,23,26)(H,24,25). The molecule has 2 aromatic rings. The lowest BCUT2D eigenvalue weighted by atomic mass is 10.1. The smallest absolute Gasteiger partial charge is 0.251 e. The fraction of sp³-hybridized carbons (Fsp3) is 0.364. The van der Waals surface area contributed by atoms with Crippen LogP contribution in [0.15, 0.2) is 36.4 Å². The summed E-state index contributed by atoms with van der Waals surface area (Å²) in [6.07, 6.45) is 0. The Morgan fingerprint density at radius 1 is 0.967 bits per heavy atom. The average molecular weight is 416 g/mol. The molecule has 30 heavy (non-hydrogen) atoms. The van der Waals surface area contributed by atoms with Crippen molar-refractivity contribution in [1.82, 2.24) is 10.6 Å². The van der Waals surface area contributed by atoms with Gasteiger partial charge < -0.3 is 29.6 Å². The van der Waals surface area contributed by atoms with Gasteiger partial charge in [-0.25, -0.2) is 0 Å². The second-order valence-corrected chi connectivity index (χ2v) is 6.39. The van der Waals surface area contributed by atoms with Gasteiger partial charge in [0.05, 0.1) is 40.5 Å². The van der Waals surface area contributed by atoms with Gasteiger partial charge in [0.2, 0.25) is 11.7 Å². The average Bonchev–Trinajstić information content (AvgIpc) is 2.76. The Kier molecular flexibility index (Phi) is 8.34. The van der Waals surface area contributed by atoms with Gasteiger partial charge in [0.1, 0.15) is 5.75 Å². The SMILES string of the molecule is CCOc1ccc(C(=O)NCC(=O)NC(C)c2cc(OC)c(OC)c(OC)c2)cc1. The van der Waals surface area contributed by atoms with E-state index in [0.717, 1.165) is 5.56 Å². The van der Waals surface area contributed by atoms with E-state index >= 15 is 0 Å². The lowest BCUT2D eigenvalue weighted by Gasteiger charge is -2.19. The first-order valence-corrected chi connectivity index (χ1v) is 9.53. The van der Waals surface area contributed by atoms with Crippen molar-refractivity contribution >= 4 is 11.8 Å². The molecule has 0 heterocycles. The van der Waals surface area contributed by atoms with Gasteiger partial charge in [0, 0.05) is 5.56 Å². The summed E-state index contributed by atoms with van der Waals surface area (Å²) < 4.78 is 21.3. The van der Waals surface area contributed by atoms with E-state index in [1.54, 1.807) is 36.4 Å². The minimum absolute atomic E-state index is 0.152. The summed E-state index contributed by atoms with van der Waals surface area (Å²) in [6.45, 7) is 4.11. The maximum Gasteiger partial charge on any atom is 0.251 e. The number of methoxy groups -OCH3 is 3. The van der Waals surface area contributed by atoms with E-state index in [-0.39, 0.29) is 24.4 Å². The number of hydrogen-bond donors (Lipinski definition) is 2. The molecule has 0 fully saturated rings. The first-order chi connectivity index (χ1) is 14.4. The highest BCUT2D eigenvalue weighted by Gasteiger charge is 2.18. The maximum atomic E-state index is 12.3. The van der Waals surface area contributed by atoms with Gasteiger partial charge in [0.25, 0.3) is 5.91 Å². The van der Waals surface area contributed by atoms with Crippen molar-refractivity contribution in [1.29, 1.82) is 0 Å². The first-order valence-electron chi connectivity index (χ1n) is 9.53. The van der Waals surface area contributed by atoms with Crippen LogP contribution in [0, 0.1) is 0 Å². The van der Waals surface area contributed by atoms with Crippen molar-refractivity contribution < 1.29 is 28.5 Å². The second kappa shape index (κ2) is 10.9. The molecule has 0 saturated heterocycles. The fourth-order valence-electron chi connectivity index (χ4n) is 2.86. The van der Waals surface area contributed by atoms with Crippen molar-refractivity contribution in [2.75, 3.05) is 34.5 Å². The molecule has 0 saturated carbocycles. The maximum absolute atomic E-state index is 12.3. The zero-order valence-electron chi connectivity index (χ0n) is 17.9. The van der Waals surface area contributed by atoms with Crippen LogP contribution in [0.3, 0.4) is 0 Å². The molecule has 1 unspecified atom stereocenters. The van der Waals surface area contributed by atoms with Gasteiger partial charge in [-0.15, -0.1) is 0 Å². The predicted octanol–water partition coefficient (Wildman–Crippen LogP) is 2.72. The lowest BCUT2D eigenvalue weighted by molar-refractivity contribution is -0.120. The molecule has 2 rings (SSSR count). The van der Waals surface area contributed by atoms with E-state index in [4.69, 9.17) is 18.9 Å². The molecule has 0 spiro atoms. The molecule has 1 atom stereocenters. The van der Waals surface area contributed by atoms with Gasteiger partial charge in [-0.2, -0.15) is 0 Å². The Labute approximate surface area is 176 Å². The summed E-state index contributed by atoms with van der Waals surface area (Å²) in [5.74, 6) is 1.49. The molecule has 2 N–H and O–H groups in total. The number of hydrogen-bond acceptors (Lipinski definition) is 6. The Morgan fingerprint density at radius 2 is 1.57 bits per heavy atom. The van der Waals surface area contributed by atoms with Crippen molar-refractivity contribution in [2.24, 2.45) is 0 Å². The Balaban J connectivity index is 1.96. The lowest BCUT2D eigenvalue weighted by Crippen LogP contribution is -2.38. The zero-order valence-corrected chi connectivity index (χ0v) is 17.9. The van der Waals surface area contributed by atoms with Crippen LogP contribution in [0.1, 0.15) is 35.8 Å². The molecule has 8 nitrogen and oxygen atoms in total.